The maximum atomic E-state index is 5.33. The van der Waals surface area contributed by atoms with Gasteiger partial charge in [0.1, 0.15) is 5.75 Å². The van der Waals surface area contributed by atoms with Crippen molar-refractivity contribution in [3.8, 4) is 5.75 Å². The van der Waals surface area contributed by atoms with E-state index < -0.39 is 0 Å². The average molecular weight is 555 g/mol. The monoisotopic (exact) mass is 554 g/mol. The van der Waals surface area contributed by atoms with E-state index >= 15 is 0 Å². The maximum Gasteiger partial charge on any atom is 0.193 e. The highest BCUT2D eigenvalue weighted by molar-refractivity contribution is 14.0. The first-order valence-corrected chi connectivity index (χ1v) is 11.4. The number of imidazole rings is 1. The number of nitrogens with one attached hydrogen (secondary N) is 2. The number of nitrogens with zero attached hydrogens (tertiary/aromatic N) is 4. The van der Waals surface area contributed by atoms with E-state index in [1.165, 1.54) is 24.8 Å². The van der Waals surface area contributed by atoms with Crippen molar-refractivity contribution in [3.63, 3.8) is 0 Å². The molecule has 9 heteroatoms. The predicted molar refractivity (Wildman–Crippen MR) is 138 cm³/mol. The van der Waals surface area contributed by atoms with Crippen LogP contribution in [-0.2, 0) is 6.54 Å². The molecule has 0 saturated carbocycles. The van der Waals surface area contributed by atoms with Crippen LogP contribution >= 0.6 is 35.3 Å². The van der Waals surface area contributed by atoms with E-state index in [1.807, 2.05) is 35.2 Å². The first-order chi connectivity index (χ1) is 14.8. The van der Waals surface area contributed by atoms with E-state index in [4.69, 9.17) is 4.74 Å². The number of likely N-dealkylation sites (tertiary alicyclic amines) is 1. The Morgan fingerprint density at radius 1 is 1.19 bits per heavy atom. The van der Waals surface area contributed by atoms with Crippen LogP contribution in [0.2, 0.25) is 0 Å². The smallest absolute Gasteiger partial charge is 0.193 e. The first-order valence-electron chi connectivity index (χ1n) is 10.5. The van der Waals surface area contributed by atoms with Crippen LogP contribution in [0, 0.1) is 0 Å². The fourth-order valence-corrected chi connectivity index (χ4v) is 4.68. The normalized spacial score (nSPS) is 16.0. The van der Waals surface area contributed by atoms with Gasteiger partial charge in [0.05, 0.1) is 25.4 Å². The molecule has 1 fully saturated rings. The molecule has 168 valence electrons. The minimum Gasteiger partial charge on any atom is -0.497 e. The lowest BCUT2D eigenvalue weighted by atomic mass is 10.0. The molecule has 0 aliphatic carbocycles. The molecule has 0 amide bonds. The van der Waals surface area contributed by atoms with Gasteiger partial charge in [-0.05, 0) is 43.6 Å². The van der Waals surface area contributed by atoms with Crippen molar-refractivity contribution >= 4 is 46.2 Å². The minimum atomic E-state index is 0. The second-order valence-electron chi connectivity index (χ2n) is 7.52. The molecule has 1 aromatic carbocycles. The minimum absolute atomic E-state index is 0. The number of aliphatic imine (C=N–C) groups is 1. The number of aromatic nitrogens is 2. The second-order valence-corrected chi connectivity index (χ2v) is 8.39. The van der Waals surface area contributed by atoms with Gasteiger partial charge in [-0.3, -0.25) is 14.3 Å². The Balaban J connectivity index is 0.00000272. The van der Waals surface area contributed by atoms with E-state index in [0.29, 0.717) is 12.6 Å². The molecule has 2 N–H and O–H groups in total. The number of rotatable bonds is 7. The molecule has 2 aromatic heterocycles. The number of hydrogen-bond acceptors (Lipinski definition) is 5. The first kappa shape index (κ1) is 23.8. The van der Waals surface area contributed by atoms with E-state index in [1.54, 1.807) is 18.4 Å². The molecule has 1 aliphatic rings. The second kappa shape index (κ2) is 11.7. The van der Waals surface area contributed by atoms with Gasteiger partial charge in [-0.25, -0.2) is 4.98 Å². The molecule has 3 heterocycles. The zero-order valence-electron chi connectivity index (χ0n) is 18.1. The van der Waals surface area contributed by atoms with Crippen molar-refractivity contribution in [2.24, 2.45) is 4.99 Å². The number of hydrogen-bond donors (Lipinski definition) is 2. The van der Waals surface area contributed by atoms with Crippen molar-refractivity contribution < 1.29 is 4.74 Å². The molecular weight excluding hydrogens is 523 g/mol. The van der Waals surface area contributed by atoms with E-state index in [0.717, 1.165) is 42.0 Å². The van der Waals surface area contributed by atoms with Gasteiger partial charge < -0.3 is 15.4 Å². The van der Waals surface area contributed by atoms with Crippen molar-refractivity contribution in [3.05, 3.63) is 53.3 Å². The molecule has 31 heavy (non-hydrogen) atoms. The highest BCUT2D eigenvalue weighted by Gasteiger charge is 2.22. The Hall–Kier alpha value is -1.85. The Morgan fingerprint density at radius 2 is 1.97 bits per heavy atom. The summed E-state index contributed by atoms with van der Waals surface area (Å²) in [6.45, 7) is 3.71. The Morgan fingerprint density at radius 3 is 2.65 bits per heavy atom. The highest BCUT2D eigenvalue weighted by Crippen LogP contribution is 2.25. The standard InChI is InChI=1S/C22H30N6OS.HI/c1-23-21(24-14-18-16-28-12-13-30-22(28)26-18)25-15-20(27-10-4-3-5-11-27)17-6-8-19(29-2)9-7-17;/h6-9,12-13,16,20H,3-5,10-11,14-15H2,1-2H3,(H2,23,24,25);1H. The number of halogens is 1. The number of ether oxygens (including phenoxy) is 1. The summed E-state index contributed by atoms with van der Waals surface area (Å²) in [5.41, 5.74) is 2.31. The Bertz CT molecular complexity index is 935. The summed E-state index contributed by atoms with van der Waals surface area (Å²) in [6, 6.07) is 8.74. The van der Waals surface area contributed by atoms with E-state index in [9.17, 15) is 0 Å². The lowest BCUT2D eigenvalue weighted by molar-refractivity contribution is 0.164. The summed E-state index contributed by atoms with van der Waals surface area (Å²) < 4.78 is 7.38. The number of guanidine groups is 1. The molecule has 4 rings (SSSR count). The van der Waals surface area contributed by atoms with Crippen LogP contribution in [0.3, 0.4) is 0 Å². The van der Waals surface area contributed by atoms with Gasteiger partial charge >= 0.3 is 0 Å². The number of methoxy groups -OCH3 is 1. The third-order valence-corrected chi connectivity index (χ3v) is 6.37. The van der Waals surface area contributed by atoms with Crippen molar-refractivity contribution in [2.75, 3.05) is 33.8 Å². The number of thiazole rings is 1. The molecule has 1 unspecified atom stereocenters. The number of piperidine rings is 1. The van der Waals surface area contributed by atoms with Crippen LogP contribution in [0.5, 0.6) is 5.75 Å². The Kier molecular flexibility index (Phi) is 8.97. The third-order valence-electron chi connectivity index (χ3n) is 5.60. The summed E-state index contributed by atoms with van der Waals surface area (Å²) in [5, 5.41) is 8.96. The van der Waals surface area contributed by atoms with Crippen molar-refractivity contribution in [1.29, 1.82) is 0 Å². The summed E-state index contributed by atoms with van der Waals surface area (Å²) in [4.78, 5) is 12.6. The Labute approximate surface area is 204 Å². The van der Waals surface area contributed by atoms with Gasteiger partial charge in [0.15, 0.2) is 10.9 Å². The fraction of sp³-hybridized carbons (Fsp3) is 0.455. The van der Waals surface area contributed by atoms with Gasteiger partial charge in [0, 0.05) is 31.4 Å². The largest absolute Gasteiger partial charge is 0.497 e. The molecule has 0 radical (unpaired) electrons. The zero-order valence-corrected chi connectivity index (χ0v) is 21.2. The van der Waals surface area contributed by atoms with Crippen LogP contribution in [0.4, 0.5) is 0 Å². The molecular formula is C22H31IN6OS. The maximum absolute atomic E-state index is 5.33. The number of benzene rings is 1. The highest BCUT2D eigenvalue weighted by atomic mass is 127. The lowest BCUT2D eigenvalue weighted by Gasteiger charge is -2.35. The summed E-state index contributed by atoms with van der Waals surface area (Å²) in [6.07, 6.45) is 7.93. The SMILES string of the molecule is CN=C(NCc1cn2ccsc2n1)NCC(c1ccc(OC)cc1)N1CCCCC1.I. The van der Waals surface area contributed by atoms with Crippen LogP contribution in [-0.4, -0.2) is 54.0 Å². The van der Waals surface area contributed by atoms with Crippen LogP contribution in [0.1, 0.15) is 36.6 Å². The van der Waals surface area contributed by atoms with Crippen molar-refractivity contribution in [1.82, 2.24) is 24.9 Å². The third kappa shape index (κ3) is 6.11. The van der Waals surface area contributed by atoms with Gasteiger partial charge in [0.25, 0.3) is 0 Å². The molecule has 0 spiro atoms. The quantitative estimate of drug-likeness (QED) is 0.264. The summed E-state index contributed by atoms with van der Waals surface area (Å²) in [5.74, 6) is 1.68. The van der Waals surface area contributed by atoms with E-state index in [2.05, 4.69) is 43.8 Å². The molecule has 0 bridgehead atoms. The van der Waals surface area contributed by atoms with Crippen LogP contribution < -0.4 is 15.4 Å². The van der Waals surface area contributed by atoms with E-state index in [-0.39, 0.29) is 24.0 Å². The molecule has 3 aromatic rings. The van der Waals surface area contributed by atoms with Crippen LogP contribution in [0.25, 0.3) is 4.96 Å². The average Bonchev–Trinajstić information content (AvgIpc) is 3.39. The van der Waals surface area contributed by atoms with Gasteiger partial charge in [-0.15, -0.1) is 35.3 Å². The predicted octanol–water partition coefficient (Wildman–Crippen LogP) is 3.91. The topological polar surface area (TPSA) is 66.2 Å². The molecule has 7 nitrogen and oxygen atoms in total. The van der Waals surface area contributed by atoms with Gasteiger partial charge in [0.2, 0.25) is 0 Å². The number of fused-ring (bicyclic) bond motifs is 1. The zero-order chi connectivity index (χ0) is 20.8. The lowest BCUT2D eigenvalue weighted by Crippen LogP contribution is -2.44. The molecule has 1 saturated heterocycles. The van der Waals surface area contributed by atoms with Gasteiger partial charge in [-0.1, -0.05) is 18.6 Å². The van der Waals surface area contributed by atoms with Crippen LogP contribution in [0.15, 0.2) is 47.0 Å². The van der Waals surface area contributed by atoms with Crippen molar-refractivity contribution in [2.45, 2.75) is 31.8 Å². The molecule has 1 atom stereocenters. The van der Waals surface area contributed by atoms with Gasteiger partial charge in [-0.2, -0.15) is 0 Å². The fourth-order valence-electron chi connectivity index (χ4n) is 3.96. The summed E-state index contributed by atoms with van der Waals surface area (Å²) >= 11 is 1.64. The molecule has 1 aliphatic heterocycles. The summed E-state index contributed by atoms with van der Waals surface area (Å²) in [7, 11) is 3.52.